The summed E-state index contributed by atoms with van der Waals surface area (Å²) < 4.78 is 12.2. The quantitative estimate of drug-likeness (QED) is 0.811. The summed E-state index contributed by atoms with van der Waals surface area (Å²) in [4.78, 5) is 0. The van der Waals surface area contributed by atoms with Gasteiger partial charge in [0, 0.05) is 6.07 Å². The summed E-state index contributed by atoms with van der Waals surface area (Å²) in [7, 11) is 1.85. The standard InChI is InChI=1S/C10H11N5O2/c1-11-5-10-12-13-14-15(10)7-2-3-8-9(4-7)17-6-16-8/h2-4,11H,5-6H2,1H3. The van der Waals surface area contributed by atoms with Crippen molar-refractivity contribution in [1.29, 1.82) is 0 Å². The number of nitrogens with zero attached hydrogens (tertiary/aromatic N) is 4. The van der Waals surface area contributed by atoms with Gasteiger partial charge in [0.25, 0.3) is 0 Å². The highest BCUT2D eigenvalue weighted by molar-refractivity contribution is 5.49. The van der Waals surface area contributed by atoms with E-state index in [0.29, 0.717) is 12.3 Å². The lowest BCUT2D eigenvalue weighted by Gasteiger charge is -2.04. The van der Waals surface area contributed by atoms with Crippen molar-refractivity contribution in [1.82, 2.24) is 25.5 Å². The van der Waals surface area contributed by atoms with E-state index in [9.17, 15) is 0 Å². The molecule has 88 valence electrons. The van der Waals surface area contributed by atoms with E-state index in [1.807, 2.05) is 25.2 Å². The fourth-order valence-electron chi connectivity index (χ4n) is 1.69. The molecule has 7 nitrogen and oxygen atoms in total. The van der Waals surface area contributed by atoms with E-state index in [1.165, 1.54) is 0 Å². The topological polar surface area (TPSA) is 74.1 Å². The summed E-state index contributed by atoms with van der Waals surface area (Å²) in [5, 5.41) is 14.6. The van der Waals surface area contributed by atoms with E-state index in [2.05, 4.69) is 20.8 Å². The summed E-state index contributed by atoms with van der Waals surface area (Å²) in [6.45, 7) is 0.860. The van der Waals surface area contributed by atoms with Crippen molar-refractivity contribution in [3.8, 4) is 17.2 Å². The van der Waals surface area contributed by atoms with Gasteiger partial charge < -0.3 is 14.8 Å². The second-order valence-electron chi connectivity index (χ2n) is 3.57. The van der Waals surface area contributed by atoms with Crippen LogP contribution >= 0.6 is 0 Å². The lowest BCUT2D eigenvalue weighted by Crippen LogP contribution is -2.12. The van der Waals surface area contributed by atoms with Gasteiger partial charge >= 0.3 is 0 Å². The molecule has 17 heavy (non-hydrogen) atoms. The van der Waals surface area contributed by atoms with Crippen molar-refractivity contribution in [3.63, 3.8) is 0 Å². The zero-order valence-electron chi connectivity index (χ0n) is 9.25. The molecule has 1 aromatic carbocycles. The molecule has 0 unspecified atom stereocenters. The van der Waals surface area contributed by atoms with Gasteiger partial charge in [-0.3, -0.25) is 0 Å². The molecule has 1 aromatic heterocycles. The van der Waals surface area contributed by atoms with Crippen LogP contribution in [0.2, 0.25) is 0 Å². The van der Waals surface area contributed by atoms with Crippen LogP contribution in [0, 0.1) is 0 Å². The molecule has 0 saturated heterocycles. The molecule has 0 radical (unpaired) electrons. The molecule has 0 atom stereocenters. The molecular weight excluding hydrogens is 222 g/mol. The molecule has 3 rings (SSSR count). The molecule has 0 bridgehead atoms. The minimum absolute atomic E-state index is 0.262. The maximum Gasteiger partial charge on any atom is 0.231 e. The van der Waals surface area contributed by atoms with Crippen molar-refractivity contribution in [2.75, 3.05) is 13.8 Å². The van der Waals surface area contributed by atoms with Gasteiger partial charge in [0.2, 0.25) is 6.79 Å². The average Bonchev–Trinajstić information content (AvgIpc) is 2.96. The number of fused-ring (bicyclic) bond motifs is 1. The third kappa shape index (κ3) is 1.70. The number of benzene rings is 1. The largest absolute Gasteiger partial charge is 0.454 e. The Kier molecular flexibility index (Phi) is 2.37. The first kappa shape index (κ1) is 10.0. The predicted octanol–water partition coefficient (Wildman–Crippen LogP) is 0.110. The van der Waals surface area contributed by atoms with Gasteiger partial charge in [-0.05, 0) is 29.6 Å². The monoisotopic (exact) mass is 233 g/mol. The van der Waals surface area contributed by atoms with E-state index in [1.54, 1.807) is 4.68 Å². The first-order valence-electron chi connectivity index (χ1n) is 5.20. The predicted molar refractivity (Wildman–Crippen MR) is 58.0 cm³/mol. The molecule has 1 aliphatic heterocycles. The summed E-state index contributed by atoms with van der Waals surface area (Å²) in [6.07, 6.45) is 0. The van der Waals surface area contributed by atoms with Gasteiger partial charge in [0.15, 0.2) is 17.3 Å². The van der Waals surface area contributed by atoms with Crippen LogP contribution in [-0.4, -0.2) is 34.0 Å². The molecule has 2 aromatic rings. The Balaban J connectivity index is 2.00. The fraction of sp³-hybridized carbons (Fsp3) is 0.300. The molecule has 1 N–H and O–H groups in total. The second-order valence-corrected chi connectivity index (χ2v) is 3.57. The number of ether oxygens (including phenoxy) is 2. The zero-order chi connectivity index (χ0) is 11.7. The van der Waals surface area contributed by atoms with Crippen LogP contribution in [0.4, 0.5) is 0 Å². The summed E-state index contributed by atoms with van der Waals surface area (Å²) >= 11 is 0. The molecule has 0 aliphatic carbocycles. The lowest BCUT2D eigenvalue weighted by atomic mass is 10.3. The summed E-state index contributed by atoms with van der Waals surface area (Å²) in [5.41, 5.74) is 0.851. The summed E-state index contributed by atoms with van der Waals surface area (Å²) in [5.74, 6) is 2.21. The Morgan fingerprint density at radius 2 is 2.24 bits per heavy atom. The first-order chi connectivity index (χ1) is 8.38. The minimum Gasteiger partial charge on any atom is -0.454 e. The van der Waals surface area contributed by atoms with Crippen LogP contribution in [0.5, 0.6) is 11.5 Å². The number of tetrazole rings is 1. The highest BCUT2D eigenvalue weighted by Crippen LogP contribution is 2.33. The normalized spacial score (nSPS) is 13.0. The van der Waals surface area contributed by atoms with E-state index in [4.69, 9.17) is 9.47 Å². The maximum absolute atomic E-state index is 5.32. The van der Waals surface area contributed by atoms with E-state index in [-0.39, 0.29) is 6.79 Å². The molecule has 2 heterocycles. The van der Waals surface area contributed by atoms with Crippen LogP contribution in [0.25, 0.3) is 5.69 Å². The van der Waals surface area contributed by atoms with Crippen LogP contribution in [-0.2, 0) is 6.54 Å². The van der Waals surface area contributed by atoms with Gasteiger partial charge in [-0.1, -0.05) is 0 Å². The molecule has 7 heteroatoms. The number of hydrogen-bond acceptors (Lipinski definition) is 6. The van der Waals surface area contributed by atoms with E-state index >= 15 is 0 Å². The van der Waals surface area contributed by atoms with Crippen molar-refractivity contribution in [2.45, 2.75) is 6.54 Å². The van der Waals surface area contributed by atoms with Gasteiger partial charge in [-0.15, -0.1) is 5.10 Å². The Morgan fingerprint density at radius 3 is 3.12 bits per heavy atom. The number of nitrogens with one attached hydrogen (secondary N) is 1. The van der Waals surface area contributed by atoms with E-state index < -0.39 is 0 Å². The molecule has 0 fully saturated rings. The van der Waals surface area contributed by atoms with Gasteiger partial charge in [-0.25, -0.2) is 0 Å². The third-order valence-corrected chi connectivity index (χ3v) is 2.47. The Morgan fingerprint density at radius 1 is 1.35 bits per heavy atom. The third-order valence-electron chi connectivity index (χ3n) is 2.47. The van der Waals surface area contributed by atoms with E-state index in [0.717, 1.165) is 17.3 Å². The van der Waals surface area contributed by atoms with Crippen LogP contribution in [0.15, 0.2) is 18.2 Å². The SMILES string of the molecule is CNCc1nnnn1-c1ccc2c(c1)OCO2. The van der Waals surface area contributed by atoms with Crippen LogP contribution < -0.4 is 14.8 Å². The average molecular weight is 233 g/mol. The zero-order valence-corrected chi connectivity index (χ0v) is 9.25. The molecular formula is C10H11N5O2. The first-order valence-corrected chi connectivity index (χ1v) is 5.20. The molecule has 0 saturated carbocycles. The maximum atomic E-state index is 5.32. The number of rotatable bonds is 3. The highest BCUT2D eigenvalue weighted by Gasteiger charge is 2.15. The molecule has 0 amide bonds. The minimum atomic E-state index is 0.262. The van der Waals surface area contributed by atoms with Crippen molar-refractivity contribution in [2.24, 2.45) is 0 Å². The fourth-order valence-corrected chi connectivity index (χ4v) is 1.69. The van der Waals surface area contributed by atoms with Crippen LogP contribution in [0.1, 0.15) is 5.82 Å². The van der Waals surface area contributed by atoms with Crippen molar-refractivity contribution >= 4 is 0 Å². The second kappa shape index (κ2) is 4.02. The van der Waals surface area contributed by atoms with Crippen molar-refractivity contribution in [3.05, 3.63) is 24.0 Å². The summed E-state index contributed by atoms with van der Waals surface area (Å²) in [6, 6.07) is 5.60. The smallest absolute Gasteiger partial charge is 0.231 e. The number of hydrogen-bond donors (Lipinski definition) is 1. The molecule has 1 aliphatic rings. The highest BCUT2D eigenvalue weighted by atomic mass is 16.7. The van der Waals surface area contributed by atoms with Crippen molar-refractivity contribution < 1.29 is 9.47 Å². The van der Waals surface area contributed by atoms with Gasteiger partial charge in [0.1, 0.15) is 0 Å². The lowest BCUT2D eigenvalue weighted by molar-refractivity contribution is 0.174. The Bertz CT molecular complexity index is 539. The Labute approximate surface area is 97.3 Å². The number of aromatic nitrogens is 4. The van der Waals surface area contributed by atoms with Gasteiger partial charge in [-0.2, -0.15) is 4.68 Å². The van der Waals surface area contributed by atoms with Gasteiger partial charge in [0.05, 0.1) is 12.2 Å². The van der Waals surface area contributed by atoms with Crippen LogP contribution in [0.3, 0.4) is 0 Å². The molecule has 0 spiro atoms. The Hall–Kier alpha value is -2.15.